The van der Waals surface area contributed by atoms with Crippen molar-refractivity contribution >= 4 is 33.1 Å². The molecule has 0 bridgehead atoms. The lowest BCUT2D eigenvalue weighted by atomic mass is 10.2. The number of rotatable bonds is 3. The topological polar surface area (TPSA) is 53.5 Å². The lowest BCUT2D eigenvalue weighted by Crippen LogP contribution is -2.05. The Balaban J connectivity index is 0.00000192. The van der Waals surface area contributed by atoms with E-state index >= 15 is 0 Å². The van der Waals surface area contributed by atoms with Gasteiger partial charge in [0.2, 0.25) is 0 Å². The summed E-state index contributed by atoms with van der Waals surface area (Å²) in [5.41, 5.74) is 9.32. The summed E-state index contributed by atoms with van der Waals surface area (Å²) in [7, 11) is 0. The first-order valence-corrected chi connectivity index (χ1v) is 15.1. The van der Waals surface area contributed by atoms with Crippen molar-refractivity contribution < 1.29 is 0 Å². The van der Waals surface area contributed by atoms with Crippen LogP contribution in [0, 0.1) is 20.8 Å². The summed E-state index contributed by atoms with van der Waals surface area (Å²) in [6.45, 7) is 18.2. The highest BCUT2D eigenvalue weighted by atomic mass is 15.1. The molecule has 3 aromatic heterocycles. The predicted octanol–water partition coefficient (Wildman–Crippen LogP) is 12.3. The molecule has 0 atom stereocenters. The Labute approximate surface area is 278 Å². The van der Waals surface area contributed by atoms with Gasteiger partial charge in [0, 0.05) is 0 Å². The van der Waals surface area contributed by atoms with Gasteiger partial charge in [-0.2, -0.15) is 0 Å². The second-order valence-corrected chi connectivity index (χ2v) is 9.16. The number of para-hydroxylation sites is 6. The first kappa shape index (κ1) is 41.3. The average molecular weight is 623 g/mol. The molecule has 0 spiro atoms. The molecule has 0 saturated heterocycles. The molecule has 0 saturated carbocycles. The van der Waals surface area contributed by atoms with Crippen molar-refractivity contribution in [1.82, 2.24) is 28.7 Å². The lowest BCUT2D eigenvalue weighted by Gasteiger charge is -2.16. The zero-order valence-electron chi connectivity index (χ0n) is 26.3. The third-order valence-electron chi connectivity index (χ3n) is 6.85. The maximum absolute atomic E-state index is 4.83. The molecule has 0 N–H and O–H groups in total. The normalized spacial score (nSPS) is 9.59. The predicted molar refractivity (Wildman–Crippen MR) is 206 cm³/mol. The van der Waals surface area contributed by atoms with Gasteiger partial charge in [-0.25, -0.2) is 15.0 Å². The molecule has 0 fully saturated rings. The fourth-order valence-corrected chi connectivity index (χ4v) is 5.38. The molecule has 0 aliphatic heterocycles. The number of hydrogen-bond donors (Lipinski definition) is 0. The number of imidazole rings is 3. The van der Waals surface area contributed by atoms with E-state index in [0.717, 1.165) is 67.6 Å². The van der Waals surface area contributed by atoms with Gasteiger partial charge in [-0.05, 0) is 75.4 Å². The molecule has 0 amide bonds. The van der Waals surface area contributed by atoms with Crippen molar-refractivity contribution in [3.63, 3.8) is 0 Å². The van der Waals surface area contributed by atoms with Gasteiger partial charge in [-0.15, -0.1) is 0 Å². The summed E-state index contributed by atoms with van der Waals surface area (Å²) in [6, 6.07) is 31.5. The summed E-state index contributed by atoms with van der Waals surface area (Å²) in [6.07, 6.45) is 0. The Morgan fingerprint density at radius 1 is 0.370 bits per heavy atom. The quantitative estimate of drug-likeness (QED) is 0.197. The first-order valence-electron chi connectivity index (χ1n) is 15.1. The Kier molecular flexibility index (Phi) is 16.4. The van der Waals surface area contributed by atoms with Crippen LogP contribution in [-0.2, 0) is 0 Å². The third-order valence-corrected chi connectivity index (χ3v) is 6.85. The molecule has 46 heavy (non-hydrogen) atoms. The summed E-state index contributed by atoms with van der Waals surface area (Å²) in [5.74, 6) is 2.83. The molecule has 7 rings (SSSR count). The fourth-order valence-electron chi connectivity index (χ4n) is 5.38. The van der Waals surface area contributed by atoms with Crippen molar-refractivity contribution in [2.45, 2.75) is 92.0 Å². The van der Waals surface area contributed by atoms with E-state index in [1.807, 2.05) is 59.7 Å². The molecule has 0 unspecified atom stereocenters. The monoisotopic (exact) mass is 622 g/mol. The molecule has 248 valence electrons. The van der Waals surface area contributed by atoms with Crippen LogP contribution in [0.3, 0.4) is 0 Å². The van der Waals surface area contributed by atoms with Crippen molar-refractivity contribution in [1.29, 1.82) is 0 Å². The van der Waals surface area contributed by atoms with Crippen molar-refractivity contribution in [3.8, 4) is 17.1 Å². The molecule has 0 aliphatic carbocycles. The smallest absolute Gasteiger partial charge is 0.111 e. The molecule has 0 radical (unpaired) electrons. The van der Waals surface area contributed by atoms with Crippen molar-refractivity contribution in [2.75, 3.05) is 0 Å². The highest BCUT2D eigenvalue weighted by Gasteiger charge is 2.17. The highest BCUT2D eigenvalue weighted by molar-refractivity contribution is 5.82. The minimum absolute atomic E-state index is 0. The van der Waals surface area contributed by atoms with Gasteiger partial charge in [-0.3, -0.25) is 13.7 Å². The minimum atomic E-state index is 0. The molecule has 0 aliphatic rings. The van der Waals surface area contributed by atoms with Crippen LogP contribution in [0.15, 0.2) is 91.0 Å². The number of nitrogens with zero attached hydrogens (tertiary/aromatic N) is 6. The number of aryl methyl sites for hydroxylation is 3. The Hall–Kier alpha value is -4.71. The lowest BCUT2D eigenvalue weighted by molar-refractivity contribution is 0.952. The summed E-state index contributed by atoms with van der Waals surface area (Å²) >= 11 is 0. The fraction of sp³-hybridized carbons (Fsp3) is 0.325. The van der Waals surface area contributed by atoms with Crippen LogP contribution in [0.2, 0.25) is 0 Å². The van der Waals surface area contributed by atoms with Crippen LogP contribution in [-0.4, -0.2) is 28.7 Å². The molecule has 6 nitrogen and oxygen atoms in total. The van der Waals surface area contributed by atoms with Crippen LogP contribution < -0.4 is 0 Å². The zero-order valence-corrected chi connectivity index (χ0v) is 26.3. The van der Waals surface area contributed by atoms with Crippen LogP contribution in [0.5, 0.6) is 0 Å². The van der Waals surface area contributed by atoms with E-state index in [1.54, 1.807) is 0 Å². The second kappa shape index (κ2) is 18.3. The van der Waals surface area contributed by atoms with E-state index < -0.39 is 0 Å². The molecular weight excluding hydrogens is 564 g/mol. The Bertz CT molecular complexity index is 1700. The zero-order chi connectivity index (χ0) is 30.4. The average Bonchev–Trinajstić information content (AvgIpc) is 3.68. The van der Waals surface area contributed by atoms with Gasteiger partial charge >= 0.3 is 0 Å². The van der Waals surface area contributed by atoms with Crippen LogP contribution >= 0.6 is 0 Å². The van der Waals surface area contributed by atoms with Gasteiger partial charge in [0.15, 0.2) is 0 Å². The summed E-state index contributed by atoms with van der Waals surface area (Å²) in [4.78, 5) is 14.5. The van der Waals surface area contributed by atoms with E-state index in [2.05, 4.69) is 107 Å². The number of aromatic nitrogens is 6. The Morgan fingerprint density at radius 2 is 0.587 bits per heavy atom. The van der Waals surface area contributed by atoms with E-state index in [0.29, 0.717) is 0 Å². The Morgan fingerprint density at radius 3 is 0.826 bits per heavy atom. The molecule has 4 aromatic carbocycles. The van der Waals surface area contributed by atoms with Gasteiger partial charge in [0.25, 0.3) is 0 Å². The summed E-state index contributed by atoms with van der Waals surface area (Å²) < 4.78 is 6.68. The van der Waals surface area contributed by atoms with Crippen LogP contribution in [0.4, 0.5) is 0 Å². The summed E-state index contributed by atoms with van der Waals surface area (Å²) in [5, 5.41) is 0. The maximum atomic E-state index is 4.83. The highest BCUT2D eigenvalue weighted by Crippen LogP contribution is 2.30. The standard InChI is InChI=1S/C30H24N6.3C2H6.4CH4/c1-19-31-25-10-4-7-13-28(25)34(19)22-16-23(35-20(2)32-26-11-5-8-14-29(26)35)18-24(17-22)36-21(3)33-27-12-6-9-15-30(27)36;3*1-2;;;;/h4-18H,1-3H3;3*1-2H3;4*1H4. The van der Waals surface area contributed by atoms with E-state index in [4.69, 9.17) is 15.0 Å². The van der Waals surface area contributed by atoms with Crippen LogP contribution in [0.1, 0.15) is 88.7 Å². The molecule has 6 heteroatoms. The van der Waals surface area contributed by atoms with Crippen molar-refractivity contribution in [2.24, 2.45) is 0 Å². The second-order valence-electron chi connectivity index (χ2n) is 9.16. The minimum Gasteiger partial charge on any atom is -0.296 e. The number of fused-ring (bicyclic) bond motifs is 3. The molecule has 7 aromatic rings. The third kappa shape index (κ3) is 7.39. The van der Waals surface area contributed by atoms with E-state index in [9.17, 15) is 0 Å². The van der Waals surface area contributed by atoms with Gasteiger partial charge < -0.3 is 0 Å². The van der Waals surface area contributed by atoms with Gasteiger partial charge in [-0.1, -0.05) is 108 Å². The maximum Gasteiger partial charge on any atom is 0.111 e. The van der Waals surface area contributed by atoms with Gasteiger partial charge in [0.1, 0.15) is 17.5 Å². The van der Waals surface area contributed by atoms with E-state index in [-0.39, 0.29) is 29.7 Å². The van der Waals surface area contributed by atoms with E-state index in [1.165, 1.54) is 0 Å². The molecular formula is C40H58N6. The van der Waals surface area contributed by atoms with Gasteiger partial charge in [0.05, 0.1) is 50.2 Å². The van der Waals surface area contributed by atoms with Crippen molar-refractivity contribution in [3.05, 3.63) is 108 Å². The largest absolute Gasteiger partial charge is 0.296 e. The van der Waals surface area contributed by atoms with Crippen LogP contribution in [0.25, 0.3) is 50.2 Å². The first-order chi connectivity index (χ1) is 20.6. The number of benzene rings is 4. The molecule has 3 heterocycles. The number of hydrogen-bond acceptors (Lipinski definition) is 3. The SMILES string of the molecule is C.C.C.C.CC.CC.CC.Cc1nc2ccccc2n1-c1cc(-n2c(C)nc3ccccc32)cc(-n2c(C)nc3ccccc32)c1.